The molecule has 4 aromatic rings. The highest BCUT2D eigenvalue weighted by Gasteiger charge is 2.18. The number of fused-ring (bicyclic) bond motifs is 1. The molecular formula is C23H20N2O3S. The summed E-state index contributed by atoms with van der Waals surface area (Å²) in [5, 5.41) is 0.866. The molecule has 0 aliphatic heterocycles. The van der Waals surface area contributed by atoms with Crippen LogP contribution in [0.4, 0.5) is 0 Å². The van der Waals surface area contributed by atoms with E-state index in [-0.39, 0.29) is 17.0 Å². The summed E-state index contributed by atoms with van der Waals surface area (Å²) in [6.07, 6.45) is 0. The highest BCUT2D eigenvalue weighted by molar-refractivity contribution is 7.89. The molecule has 0 radical (unpaired) electrons. The van der Waals surface area contributed by atoms with Crippen LogP contribution in [0.2, 0.25) is 0 Å². The molecule has 1 heterocycles. The van der Waals surface area contributed by atoms with Crippen LogP contribution >= 0.6 is 0 Å². The third kappa shape index (κ3) is 3.85. The Morgan fingerprint density at radius 2 is 1.52 bits per heavy atom. The summed E-state index contributed by atoms with van der Waals surface area (Å²) in [5.74, 6) is 0. The number of para-hydroxylation sites is 1. The maximum atomic E-state index is 12.9. The van der Waals surface area contributed by atoms with E-state index < -0.39 is 10.0 Å². The quantitative estimate of drug-likeness (QED) is 0.528. The van der Waals surface area contributed by atoms with E-state index in [9.17, 15) is 13.2 Å². The fourth-order valence-electron chi connectivity index (χ4n) is 3.35. The molecule has 0 aliphatic carbocycles. The lowest BCUT2D eigenvalue weighted by Crippen LogP contribution is -2.27. The lowest BCUT2D eigenvalue weighted by molar-refractivity contribution is 0.581. The summed E-state index contributed by atoms with van der Waals surface area (Å²) in [6, 6.07) is 23.5. The van der Waals surface area contributed by atoms with Crippen LogP contribution in [-0.2, 0) is 16.6 Å². The third-order valence-electron chi connectivity index (χ3n) is 4.85. The van der Waals surface area contributed by atoms with Gasteiger partial charge >= 0.3 is 0 Å². The molecule has 146 valence electrons. The van der Waals surface area contributed by atoms with Crippen molar-refractivity contribution in [1.82, 2.24) is 9.71 Å². The second kappa shape index (κ2) is 7.66. The normalized spacial score (nSPS) is 11.6. The predicted octanol–water partition coefficient (Wildman–Crippen LogP) is 3.98. The fraction of sp³-hybridized carbons (Fsp3) is 0.0870. The van der Waals surface area contributed by atoms with Crippen molar-refractivity contribution in [2.24, 2.45) is 0 Å². The number of sulfonamides is 1. The first-order valence-corrected chi connectivity index (χ1v) is 10.7. The highest BCUT2D eigenvalue weighted by Crippen LogP contribution is 2.30. The molecule has 29 heavy (non-hydrogen) atoms. The van der Waals surface area contributed by atoms with Gasteiger partial charge in [0.05, 0.1) is 4.90 Å². The standard InChI is InChI=1S/C23H20N2O3S/c1-16-11-13-17(14-12-16)22-19-9-5-6-10-21(19)25-23(26)20(22)15-24-29(27,28)18-7-3-2-4-8-18/h2-14,24H,15H2,1H3,(H,25,26). The second-order valence-electron chi connectivity index (χ2n) is 6.86. The molecule has 0 bridgehead atoms. The molecule has 5 nitrogen and oxygen atoms in total. The van der Waals surface area contributed by atoms with Crippen LogP contribution in [0, 0.1) is 6.92 Å². The minimum Gasteiger partial charge on any atom is -0.322 e. The number of pyridine rings is 1. The number of H-pyrrole nitrogens is 1. The van der Waals surface area contributed by atoms with Gasteiger partial charge in [-0.15, -0.1) is 0 Å². The molecule has 6 heteroatoms. The van der Waals surface area contributed by atoms with Crippen molar-refractivity contribution in [2.45, 2.75) is 18.4 Å². The van der Waals surface area contributed by atoms with Crippen LogP contribution in [0.3, 0.4) is 0 Å². The monoisotopic (exact) mass is 404 g/mol. The van der Waals surface area contributed by atoms with Crippen LogP contribution in [0.15, 0.2) is 88.6 Å². The van der Waals surface area contributed by atoms with E-state index in [1.54, 1.807) is 18.2 Å². The number of aromatic nitrogens is 1. The van der Waals surface area contributed by atoms with E-state index in [4.69, 9.17) is 0 Å². The Kier molecular flexibility index (Phi) is 5.05. The number of hydrogen-bond donors (Lipinski definition) is 2. The topological polar surface area (TPSA) is 79.0 Å². The molecule has 0 atom stereocenters. The molecule has 0 spiro atoms. The van der Waals surface area contributed by atoms with E-state index in [1.807, 2.05) is 55.5 Å². The Morgan fingerprint density at radius 1 is 0.862 bits per heavy atom. The van der Waals surface area contributed by atoms with Gasteiger partial charge in [0.1, 0.15) is 0 Å². The average Bonchev–Trinajstić information content (AvgIpc) is 2.73. The number of nitrogens with one attached hydrogen (secondary N) is 2. The average molecular weight is 404 g/mol. The molecule has 0 aliphatic rings. The minimum atomic E-state index is -3.74. The largest absolute Gasteiger partial charge is 0.322 e. The van der Waals surface area contributed by atoms with E-state index in [2.05, 4.69) is 9.71 Å². The summed E-state index contributed by atoms with van der Waals surface area (Å²) in [7, 11) is -3.74. The van der Waals surface area contributed by atoms with E-state index >= 15 is 0 Å². The van der Waals surface area contributed by atoms with Crippen LogP contribution in [0.5, 0.6) is 0 Å². The van der Waals surface area contributed by atoms with Gasteiger partial charge in [-0.1, -0.05) is 66.2 Å². The smallest absolute Gasteiger partial charge is 0.253 e. The van der Waals surface area contributed by atoms with Crippen LogP contribution in [0.1, 0.15) is 11.1 Å². The molecule has 0 amide bonds. The van der Waals surface area contributed by atoms with Gasteiger partial charge in [0.15, 0.2) is 0 Å². The van der Waals surface area contributed by atoms with Gasteiger partial charge < -0.3 is 4.98 Å². The lowest BCUT2D eigenvalue weighted by atomic mass is 9.95. The predicted molar refractivity (Wildman–Crippen MR) is 115 cm³/mol. The molecule has 0 fully saturated rings. The fourth-order valence-corrected chi connectivity index (χ4v) is 4.37. The first-order valence-electron chi connectivity index (χ1n) is 9.21. The number of aryl methyl sites for hydroxylation is 1. The van der Waals surface area contributed by atoms with Crippen molar-refractivity contribution in [3.05, 3.63) is 100 Å². The van der Waals surface area contributed by atoms with Gasteiger partial charge in [0.25, 0.3) is 5.56 Å². The van der Waals surface area contributed by atoms with Crippen molar-refractivity contribution in [3.8, 4) is 11.1 Å². The van der Waals surface area contributed by atoms with E-state index in [0.717, 1.165) is 22.1 Å². The van der Waals surface area contributed by atoms with Crippen molar-refractivity contribution >= 4 is 20.9 Å². The summed E-state index contributed by atoms with van der Waals surface area (Å²) >= 11 is 0. The zero-order valence-corrected chi connectivity index (χ0v) is 16.7. The van der Waals surface area contributed by atoms with Gasteiger partial charge in [-0.25, -0.2) is 13.1 Å². The van der Waals surface area contributed by atoms with Gasteiger partial charge in [0, 0.05) is 28.6 Å². The first-order chi connectivity index (χ1) is 14.0. The van der Waals surface area contributed by atoms with Gasteiger partial charge in [-0.05, 0) is 30.7 Å². The Bertz CT molecular complexity index is 1330. The summed E-state index contributed by atoms with van der Waals surface area (Å²) < 4.78 is 27.9. The zero-order chi connectivity index (χ0) is 20.4. The Balaban J connectivity index is 1.84. The third-order valence-corrected chi connectivity index (χ3v) is 6.27. The molecule has 0 saturated carbocycles. The molecule has 1 aromatic heterocycles. The highest BCUT2D eigenvalue weighted by atomic mass is 32.2. The first kappa shape index (κ1) is 19.1. The van der Waals surface area contributed by atoms with Crippen molar-refractivity contribution in [2.75, 3.05) is 0 Å². The van der Waals surface area contributed by atoms with Crippen molar-refractivity contribution in [1.29, 1.82) is 0 Å². The molecule has 2 N–H and O–H groups in total. The van der Waals surface area contributed by atoms with Crippen LogP contribution in [-0.4, -0.2) is 13.4 Å². The number of hydrogen-bond acceptors (Lipinski definition) is 3. The Morgan fingerprint density at radius 3 is 2.24 bits per heavy atom. The maximum Gasteiger partial charge on any atom is 0.253 e. The van der Waals surface area contributed by atoms with Gasteiger partial charge in [-0.3, -0.25) is 4.79 Å². The zero-order valence-electron chi connectivity index (χ0n) is 15.8. The molecule has 0 saturated heterocycles. The van der Waals surface area contributed by atoms with Gasteiger partial charge in [0.2, 0.25) is 10.0 Å². The minimum absolute atomic E-state index is 0.111. The summed E-state index contributed by atoms with van der Waals surface area (Å²) in [6.45, 7) is 1.88. The summed E-state index contributed by atoms with van der Waals surface area (Å²) in [4.78, 5) is 15.9. The van der Waals surface area contributed by atoms with E-state index in [1.165, 1.54) is 12.1 Å². The number of rotatable bonds is 5. The van der Waals surface area contributed by atoms with Crippen molar-refractivity contribution in [3.63, 3.8) is 0 Å². The molecule has 0 unspecified atom stereocenters. The second-order valence-corrected chi connectivity index (χ2v) is 8.62. The van der Waals surface area contributed by atoms with Crippen LogP contribution in [0.25, 0.3) is 22.0 Å². The molecule has 3 aromatic carbocycles. The lowest BCUT2D eigenvalue weighted by Gasteiger charge is -2.14. The summed E-state index contributed by atoms with van der Waals surface area (Å²) in [5.41, 5.74) is 3.49. The SMILES string of the molecule is Cc1ccc(-c2c(CNS(=O)(=O)c3ccccc3)c(=O)[nH]c3ccccc23)cc1. The number of aromatic amines is 1. The van der Waals surface area contributed by atoms with Crippen molar-refractivity contribution < 1.29 is 8.42 Å². The van der Waals surface area contributed by atoms with Gasteiger partial charge in [-0.2, -0.15) is 0 Å². The Hall–Kier alpha value is -3.22. The van der Waals surface area contributed by atoms with Crippen LogP contribution < -0.4 is 10.3 Å². The van der Waals surface area contributed by atoms with E-state index in [0.29, 0.717) is 11.1 Å². The number of benzene rings is 3. The molecule has 4 rings (SSSR count). The Labute approximate surface area is 169 Å². The maximum absolute atomic E-state index is 12.9. The molecular weight excluding hydrogens is 384 g/mol.